The highest BCUT2D eigenvalue weighted by atomic mass is 16.5. The van der Waals surface area contributed by atoms with E-state index in [0.29, 0.717) is 17.7 Å². The van der Waals surface area contributed by atoms with Crippen LogP contribution < -0.4 is 4.74 Å². The average Bonchev–Trinajstić information content (AvgIpc) is 2.95. The summed E-state index contributed by atoms with van der Waals surface area (Å²) in [7, 11) is 5.77. The third kappa shape index (κ3) is 3.01. The highest BCUT2D eigenvalue weighted by Crippen LogP contribution is 2.23. The number of carbonyl (C=O) groups is 1. The quantitative estimate of drug-likeness (QED) is 0.872. The Balaban J connectivity index is 1.84. The van der Waals surface area contributed by atoms with Crippen molar-refractivity contribution in [2.75, 3.05) is 34.3 Å². The molecule has 0 radical (unpaired) electrons. The monoisotopic (exact) mass is 313 g/mol. The molecule has 1 aromatic heterocycles. The lowest BCUT2D eigenvalue weighted by Crippen LogP contribution is -2.36. The molecule has 5 heteroatoms. The van der Waals surface area contributed by atoms with Gasteiger partial charge in [-0.25, -0.2) is 4.98 Å². The molecule has 0 N–H and O–H groups in total. The third-order valence-corrected chi connectivity index (χ3v) is 4.64. The van der Waals surface area contributed by atoms with E-state index in [1.807, 2.05) is 29.2 Å². The SMILES string of the molecule is COc1ccc2nc(C(=O)N3C[C@@H](C)[C@H](N(C)C)C3)ccc2c1. The van der Waals surface area contributed by atoms with Gasteiger partial charge in [0.1, 0.15) is 11.4 Å². The van der Waals surface area contributed by atoms with E-state index in [9.17, 15) is 4.79 Å². The predicted molar refractivity (Wildman–Crippen MR) is 90.8 cm³/mol. The summed E-state index contributed by atoms with van der Waals surface area (Å²) >= 11 is 0. The van der Waals surface area contributed by atoms with Crippen molar-refractivity contribution in [3.05, 3.63) is 36.0 Å². The van der Waals surface area contributed by atoms with Gasteiger partial charge in [-0.05, 0) is 44.3 Å². The average molecular weight is 313 g/mol. The van der Waals surface area contributed by atoms with Crippen LogP contribution in [-0.2, 0) is 0 Å². The van der Waals surface area contributed by atoms with E-state index < -0.39 is 0 Å². The number of likely N-dealkylation sites (tertiary alicyclic amines) is 1. The van der Waals surface area contributed by atoms with Crippen LogP contribution in [0.25, 0.3) is 10.9 Å². The number of benzene rings is 1. The van der Waals surface area contributed by atoms with Crippen LogP contribution in [0.15, 0.2) is 30.3 Å². The summed E-state index contributed by atoms with van der Waals surface area (Å²) in [5.41, 5.74) is 1.32. The van der Waals surface area contributed by atoms with Crippen molar-refractivity contribution in [2.24, 2.45) is 5.92 Å². The van der Waals surface area contributed by atoms with Crippen LogP contribution in [0.1, 0.15) is 17.4 Å². The summed E-state index contributed by atoms with van der Waals surface area (Å²) in [4.78, 5) is 21.4. The number of hydrogen-bond acceptors (Lipinski definition) is 4. The third-order valence-electron chi connectivity index (χ3n) is 4.64. The van der Waals surface area contributed by atoms with Gasteiger partial charge in [-0.2, -0.15) is 0 Å². The Hall–Kier alpha value is -2.14. The molecule has 1 amide bonds. The second-order valence-corrected chi connectivity index (χ2v) is 6.47. The molecule has 1 saturated heterocycles. The van der Waals surface area contributed by atoms with Crippen LogP contribution in [0.5, 0.6) is 5.75 Å². The molecule has 2 atom stereocenters. The molecule has 0 unspecified atom stereocenters. The minimum absolute atomic E-state index is 0.0129. The summed E-state index contributed by atoms with van der Waals surface area (Å²) in [6, 6.07) is 9.82. The van der Waals surface area contributed by atoms with Crippen molar-refractivity contribution in [3.63, 3.8) is 0 Å². The molecule has 122 valence electrons. The number of likely N-dealkylation sites (N-methyl/N-ethyl adjacent to an activating group) is 1. The Morgan fingerprint density at radius 1 is 1.26 bits per heavy atom. The van der Waals surface area contributed by atoms with E-state index in [1.54, 1.807) is 13.2 Å². The fourth-order valence-corrected chi connectivity index (χ4v) is 3.30. The van der Waals surface area contributed by atoms with Crippen LogP contribution in [0.4, 0.5) is 0 Å². The molecule has 0 saturated carbocycles. The number of fused-ring (bicyclic) bond motifs is 1. The van der Waals surface area contributed by atoms with Gasteiger partial charge in [0.05, 0.1) is 12.6 Å². The van der Waals surface area contributed by atoms with E-state index in [0.717, 1.165) is 29.7 Å². The zero-order valence-corrected chi connectivity index (χ0v) is 14.1. The molecule has 2 heterocycles. The first-order chi connectivity index (χ1) is 11.0. The van der Waals surface area contributed by atoms with Crippen LogP contribution in [0, 0.1) is 5.92 Å². The molecule has 2 aromatic rings. The second-order valence-electron chi connectivity index (χ2n) is 6.47. The number of rotatable bonds is 3. The van der Waals surface area contributed by atoms with Crippen molar-refractivity contribution >= 4 is 16.8 Å². The number of methoxy groups -OCH3 is 1. The Bertz CT molecular complexity index is 729. The molecule has 0 bridgehead atoms. The van der Waals surface area contributed by atoms with E-state index in [-0.39, 0.29) is 5.91 Å². The van der Waals surface area contributed by atoms with Gasteiger partial charge in [-0.15, -0.1) is 0 Å². The van der Waals surface area contributed by atoms with Crippen molar-refractivity contribution in [2.45, 2.75) is 13.0 Å². The maximum absolute atomic E-state index is 12.7. The van der Waals surface area contributed by atoms with Crippen LogP contribution in [-0.4, -0.2) is 61.0 Å². The lowest BCUT2D eigenvalue weighted by molar-refractivity contribution is 0.0776. The summed E-state index contributed by atoms with van der Waals surface area (Å²) in [6.45, 7) is 3.73. The standard InChI is InChI=1S/C18H23N3O2/c1-12-10-21(11-17(12)20(2)3)18(22)16-7-5-13-9-14(23-4)6-8-15(13)19-16/h5-9,12,17H,10-11H2,1-4H3/t12-,17-/m1/s1. The fourth-order valence-electron chi connectivity index (χ4n) is 3.30. The summed E-state index contributed by atoms with van der Waals surface area (Å²) < 4.78 is 5.22. The Labute approximate surface area is 136 Å². The Morgan fingerprint density at radius 2 is 2.04 bits per heavy atom. The number of amides is 1. The number of carbonyl (C=O) groups excluding carboxylic acids is 1. The first-order valence-electron chi connectivity index (χ1n) is 7.90. The molecule has 1 fully saturated rings. The molecular weight excluding hydrogens is 290 g/mol. The largest absolute Gasteiger partial charge is 0.497 e. The van der Waals surface area contributed by atoms with Gasteiger partial charge >= 0.3 is 0 Å². The highest BCUT2D eigenvalue weighted by molar-refractivity contribution is 5.95. The zero-order chi connectivity index (χ0) is 16.6. The van der Waals surface area contributed by atoms with Crippen molar-refractivity contribution in [3.8, 4) is 5.75 Å². The second kappa shape index (κ2) is 6.16. The summed E-state index contributed by atoms with van der Waals surface area (Å²) in [6.07, 6.45) is 0. The maximum atomic E-state index is 12.7. The minimum Gasteiger partial charge on any atom is -0.497 e. The van der Waals surface area contributed by atoms with Gasteiger partial charge in [0.15, 0.2) is 0 Å². The van der Waals surface area contributed by atoms with E-state index in [4.69, 9.17) is 4.74 Å². The number of aromatic nitrogens is 1. The Kier molecular flexibility index (Phi) is 4.22. The molecule has 1 aliphatic rings. The molecule has 0 spiro atoms. The number of nitrogens with zero attached hydrogens (tertiary/aromatic N) is 3. The molecule has 5 nitrogen and oxygen atoms in total. The lowest BCUT2D eigenvalue weighted by atomic mass is 10.1. The first-order valence-corrected chi connectivity index (χ1v) is 7.90. The van der Waals surface area contributed by atoms with E-state index in [1.165, 1.54) is 0 Å². The van der Waals surface area contributed by atoms with E-state index >= 15 is 0 Å². The minimum atomic E-state index is 0.0129. The van der Waals surface area contributed by atoms with E-state index in [2.05, 4.69) is 30.9 Å². The molecule has 1 aromatic carbocycles. The smallest absolute Gasteiger partial charge is 0.272 e. The number of hydrogen-bond donors (Lipinski definition) is 0. The van der Waals surface area contributed by atoms with Crippen LogP contribution in [0.2, 0.25) is 0 Å². The van der Waals surface area contributed by atoms with Crippen molar-refractivity contribution < 1.29 is 9.53 Å². The van der Waals surface area contributed by atoms with Gasteiger partial charge < -0.3 is 14.5 Å². The van der Waals surface area contributed by atoms with Gasteiger partial charge in [-0.3, -0.25) is 4.79 Å². The van der Waals surface area contributed by atoms with Gasteiger partial charge in [0, 0.05) is 24.5 Å². The topological polar surface area (TPSA) is 45.7 Å². The van der Waals surface area contributed by atoms with Gasteiger partial charge in [0.25, 0.3) is 5.91 Å². The molecular formula is C18H23N3O2. The van der Waals surface area contributed by atoms with Gasteiger partial charge in [-0.1, -0.05) is 13.0 Å². The molecule has 1 aliphatic heterocycles. The highest BCUT2D eigenvalue weighted by Gasteiger charge is 2.34. The van der Waals surface area contributed by atoms with Crippen molar-refractivity contribution in [1.29, 1.82) is 0 Å². The van der Waals surface area contributed by atoms with Crippen LogP contribution in [0.3, 0.4) is 0 Å². The van der Waals surface area contributed by atoms with Gasteiger partial charge in [0.2, 0.25) is 0 Å². The summed E-state index contributed by atoms with van der Waals surface area (Å²) in [5.74, 6) is 1.28. The summed E-state index contributed by atoms with van der Waals surface area (Å²) in [5, 5.41) is 0.974. The fraction of sp³-hybridized carbons (Fsp3) is 0.444. The first kappa shape index (κ1) is 15.7. The van der Waals surface area contributed by atoms with Crippen molar-refractivity contribution in [1.82, 2.24) is 14.8 Å². The predicted octanol–water partition coefficient (Wildman–Crippen LogP) is 2.27. The molecule has 0 aliphatic carbocycles. The Morgan fingerprint density at radius 3 is 2.70 bits per heavy atom. The molecule has 23 heavy (non-hydrogen) atoms. The normalized spacial score (nSPS) is 21.2. The zero-order valence-electron chi connectivity index (χ0n) is 14.1. The molecule has 3 rings (SSSR count). The lowest BCUT2D eigenvalue weighted by Gasteiger charge is -2.22. The van der Waals surface area contributed by atoms with Crippen LogP contribution >= 0.6 is 0 Å². The maximum Gasteiger partial charge on any atom is 0.272 e. The number of pyridine rings is 1. The number of ether oxygens (including phenoxy) is 1.